The van der Waals surface area contributed by atoms with Crippen molar-refractivity contribution >= 4 is 107 Å². The van der Waals surface area contributed by atoms with Gasteiger partial charge in [0.1, 0.15) is 0 Å². The van der Waals surface area contributed by atoms with Crippen LogP contribution in [0.3, 0.4) is 0 Å². The lowest BCUT2D eigenvalue weighted by molar-refractivity contribution is 1.16. The number of fused-ring (bicyclic) bond motifs is 10. The van der Waals surface area contributed by atoms with Gasteiger partial charge in [-0.2, -0.15) is 0 Å². The lowest BCUT2D eigenvalue weighted by Gasteiger charge is -2.35. The van der Waals surface area contributed by atoms with Gasteiger partial charge >= 0.3 is 0 Å². The highest BCUT2D eigenvalue weighted by Crippen LogP contribution is 2.45. The summed E-state index contributed by atoms with van der Waals surface area (Å²) in [5.41, 5.74) is 14.8. The van der Waals surface area contributed by atoms with E-state index in [1.807, 2.05) is 23.5 Å². The molecule has 6 heteroatoms. The molecule has 0 saturated carbocycles. The van der Waals surface area contributed by atoms with Crippen LogP contribution in [-0.4, -0.2) is 15.8 Å². The van der Waals surface area contributed by atoms with Crippen LogP contribution in [0.15, 0.2) is 226 Å². The summed E-state index contributed by atoms with van der Waals surface area (Å²) >= 11 is 3.83. The molecule has 2 aromatic heterocycles. The molecule has 9 aromatic carbocycles. The average molecular weight is 800 g/mol. The first-order chi connectivity index (χ1) is 29.8. The summed E-state index contributed by atoms with van der Waals surface area (Å²) in [6.07, 6.45) is 0. The molecular weight excluding hydrogens is 766 g/mol. The van der Waals surface area contributed by atoms with Crippen molar-refractivity contribution in [2.75, 3.05) is 4.90 Å². The Labute approximate surface area is 356 Å². The third-order valence-electron chi connectivity index (χ3n) is 12.4. The van der Waals surface area contributed by atoms with Crippen molar-refractivity contribution in [3.63, 3.8) is 0 Å². The molecule has 60 heavy (non-hydrogen) atoms. The van der Waals surface area contributed by atoms with Crippen LogP contribution in [-0.2, 0) is 0 Å². The lowest BCUT2D eigenvalue weighted by atomic mass is 9.36. The molecule has 0 N–H and O–H groups in total. The van der Waals surface area contributed by atoms with Crippen molar-refractivity contribution in [3.05, 3.63) is 206 Å². The number of benzene rings is 9. The molecule has 0 spiro atoms. The molecule has 0 bridgehead atoms. The fourth-order valence-corrected chi connectivity index (χ4v) is 12.4. The normalized spacial score (nSPS) is 12.8. The fraction of sp³-hybridized carbons (Fsp3) is 0. The Morgan fingerprint density at radius 1 is 0.333 bits per heavy atom. The number of nitrogens with zero attached hydrogens (tertiary/aromatic N) is 3. The maximum atomic E-state index is 2.44. The Hall–Kier alpha value is -6.86. The van der Waals surface area contributed by atoms with E-state index in [0.717, 1.165) is 17.1 Å². The highest BCUT2D eigenvalue weighted by atomic mass is 32.2. The van der Waals surface area contributed by atoms with Gasteiger partial charge in [-0.25, -0.2) is 0 Å². The zero-order valence-electron chi connectivity index (χ0n) is 32.4. The summed E-state index contributed by atoms with van der Waals surface area (Å²) < 4.78 is 4.89. The minimum Gasteiger partial charge on any atom is -0.310 e. The van der Waals surface area contributed by atoms with Gasteiger partial charge in [-0.15, -0.1) is 0 Å². The summed E-state index contributed by atoms with van der Waals surface area (Å²) in [5, 5.41) is 5.10. The maximum absolute atomic E-state index is 2.44. The third kappa shape index (κ3) is 5.08. The van der Waals surface area contributed by atoms with Crippen LogP contribution in [0, 0.1) is 0 Å². The minimum atomic E-state index is 0.0952. The highest BCUT2D eigenvalue weighted by Gasteiger charge is 2.39. The first kappa shape index (κ1) is 34.1. The number of para-hydroxylation sites is 6. The van der Waals surface area contributed by atoms with Crippen LogP contribution >= 0.6 is 23.5 Å². The van der Waals surface area contributed by atoms with Gasteiger partial charge in [0.15, 0.2) is 0 Å². The second-order valence-electron chi connectivity index (χ2n) is 15.7. The molecule has 0 atom stereocenters. The molecule has 0 saturated heterocycles. The van der Waals surface area contributed by atoms with Crippen LogP contribution in [0.5, 0.6) is 0 Å². The van der Waals surface area contributed by atoms with Crippen LogP contribution in [0.25, 0.3) is 55.0 Å². The van der Waals surface area contributed by atoms with E-state index in [1.165, 1.54) is 91.0 Å². The number of anilines is 3. The van der Waals surface area contributed by atoms with Crippen molar-refractivity contribution in [2.24, 2.45) is 0 Å². The van der Waals surface area contributed by atoms with Crippen LogP contribution in [0.4, 0.5) is 17.1 Å². The number of hydrogen-bond acceptors (Lipinski definition) is 3. The Bertz CT molecular complexity index is 3180. The molecule has 2 aliphatic heterocycles. The Morgan fingerprint density at radius 2 is 0.700 bits per heavy atom. The van der Waals surface area contributed by atoms with Gasteiger partial charge in [-0.05, 0) is 90.4 Å². The van der Waals surface area contributed by atoms with Crippen LogP contribution in [0.2, 0.25) is 0 Å². The summed E-state index contributed by atoms with van der Waals surface area (Å²) in [4.78, 5) is 7.61. The molecular formula is C54H34BN3S2. The molecule has 3 nitrogen and oxygen atoms in total. The zero-order chi connectivity index (χ0) is 39.3. The Morgan fingerprint density at radius 3 is 1.10 bits per heavy atom. The van der Waals surface area contributed by atoms with Crippen LogP contribution in [0.1, 0.15) is 0 Å². The summed E-state index contributed by atoms with van der Waals surface area (Å²) in [7, 11) is 0. The molecule has 0 radical (unpaired) electrons. The number of aromatic nitrogens is 2. The summed E-state index contributed by atoms with van der Waals surface area (Å²) in [6.45, 7) is 0.0952. The molecule has 13 rings (SSSR count). The van der Waals surface area contributed by atoms with Crippen molar-refractivity contribution < 1.29 is 0 Å². The minimum absolute atomic E-state index is 0.0952. The Balaban J connectivity index is 1.04. The van der Waals surface area contributed by atoms with Gasteiger partial charge in [0, 0.05) is 69.6 Å². The predicted octanol–water partition coefficient (Wildman–Crippen LogP) is 12.8. The van der Waals surface area contributed by atoms with Crippen molar-refractivity contribution in [3.8, 4) is 11.4 Å². The quantitative estimate of drug-likeness (QED) is 0.161. The fourth-order valence-electron chi connectivity index (χ4n) is 9.87. The third-order valence-corrected chi connectivity index (χ3v) is 14.7. The van der Waals surface area contributed by atoms with Gasteiger partial charge in [-0.3, -0.25) is 0 Å². The first-order valence-electron chi connectivity index (χ1n) is 20.5. The average Bonchev–Trinajstić information content (AvgIpc) is 3.82. The summed E-state index contributed by atoms with van der Waals surface area (Å²) in [6, 6.07) is 76.0. The van der Waals surface area contributed by atoms with E-state index in [-0.39, 0.29) is 6.71 Å². The first-order valence-corrected chi connectivity index (χ1v) is 22.1. The van der Waals surface area contributed by atoms with Crippen molar-refractivity contribution in [1.29, 1.82) is 0 Å². The molecule has 0 aliphatic carbocycles. The van der Waals surface area contributed by atoms with E-state index in [2.05, 4.69) is 220 Å². The summed E-state index contributed by atoms with van der Waals surface area (Å²) in [5.74, 6) is 0. The highest BCUT2D eigenvalue weighted by molar-refractivity contribution is 8.01. The molecule has 2 aliphatic rings. The SMILES string of the molecule is c1ccc(N(c2ccccc2)c2cc3c4c(c2)Sc2cc(-n5c6ccccc6c6ccccc65)ccc2B4c2ccc(-n4c5ccccc5c5ccccc54)cc2S3)cc1. The van der Waals surface area contributed by atoms with Crippen molar-refractivity contribution in [2.45, 2.75) is 19.6 Å². The predicted molar refractivity (Wildman–Crippen MR) is 256 cm³/mol. The Kier molecular flexibility index (Phi) is 7.57. The largest absolute Gasteiger partial charge is 0.310 e. The van der Waals surface area contributed by atoms with Gasteiger partial charge in [0.2, 0.25) is 6.71 Å². The number of hydrogen-bond donors (Lipinski definition) is 0. The second kappa shape index (κ2) is 13.3. The van der Waals surface area contributed by atoms with E-state index in [9.17, 15) is 0 Å². The smallest absolute Gasteiger partial charge is 0.247 e. The van der Waals surface area contributed by atoms with Gasteiger partial charge < -0.3 is 14.0 Å². The van der Waals surface area contributed by atoms with E-state index in [4.69, 9.17) is 0 Å². The van der Waals surface area contributed by atoms with Gasteiger partial charge in [0.05, 0.1) is 22.1 Å². The van der Waals surface area contributed by atoms with E-state index >= 15 is 0 Å². The van der Waals surface area contributed by atoms with E-state index < -0.39 is 0 Å². The van der Waals surface area contributed by atoms with E-state index in [1.54, 1.807) is 0 Å². The molecule has 0 amide bonds. The van der Waals surface area contributed by atoms with E-state index in [0.29, 0.717) is 0 Å². The topological polar surface area (TPSA) is 13.1 Å². The zero-order valence-corrected chi connectivity index (χ0v) is 34.0. The molecule has 280 valence electrons. The molecule has 4 heterocycles. The number of rotatable bonds is 5. The lowest BCUT2D eigenvalue weighted by Crippen LogP contribution is -2.58. The molecule has 0 fully saturated rings. The monoisotopic (exact) mass is 799 g/mol. The standard InChI is InChI=1S/C54H34BN3S2/c1-3-15-35(16-4-1)56(36-17-5-2-6-18-36)39-33-52-54-53(34-39)60-51-32-38(58-48-25-13-9-21-42(48)43-22-10-14-26-49(43)58)28-30-45(51)55(54)44-29-27-37(31-50(44)59-52)57-46-23-11-7-19-40(46)41-20-8-12-24-47(41)57/h1-34H. The van der Waals surface area contributed by atoms with Gasteiger partial charge in [-0.1, -0.05) is 156 Å². The van der Waals surface area contributed by atoms with Gasteiger partial charge in [0.25, 0.3) is 0 Å². The maximum Gasteiger partial charge on any atom is 0.247 e. The van der Waals surface area contributed by atoms with Crippen molar-refractivity contribution in [1.82, 2.24) is 9.13 Å². The van der Waals surface area contributed by atoms with Crippen LogP contribution < -0.4 is 21.3 Å². The molecule has 11 aromatic rings. The second-order valence-corrected chi connectivity index (χ2v) is 17.9. The molecule has 0 unspecified atom stereocenters.